The van der Waals surface area contributed by atoms with E-state index in [1.165, 1.54) is 0 Å². The van der Waals surface area contributed by atoms with Gasteiger partial charge < -0.3 is 20.3 Å². The van der Waals surface area contributed by atoms with E-state index in [0.29, 0.717) is 19.4 Å². The van der Waals surface area contributed by atoms with Crippen molar-refractivity contribution in [3.05, 3.63) is 64.6 Å². The molecule has 1 heterocycles. The average Bonchev–Trinajstić information content (AvgIpc) is 2.59. The molecule has 0 fully saturated rings. The van der Waals surface area contributed by atoms with Gasteiger partial charge in [-0.15, -0.1) is 0 Å². The van der Waals surface area contributed by atoms with Gasteiger partial charge in [0, 0.05) is 18.8 Å². The van der Waals surface area contributed by atoms with Gasteiger partial charge >= 0.3 is 6.03 Å². The lowest BCUT2D eigenvalue weighted by Gasteiger charge is -2.16. The minimum Gasteiger partial charge on any atom is -0.396 e. The molecule has 128 valence electrons. The van der Waals surface area contributed by atoms with Crippen molar-refractivity contribution in [2.45, 2.75) is 32.4 Å². The Hall–Kier alpha value is -2.60. The Bertz CT molecular complexity index is 713. The summed E-state index contributed by atoms with van der Waals surface area (Å²) in [6, 6.07) is 12.4. The van der Waals surface area contributed by atoms with Crippen LogP contribution in [0.15, 0.2) is 53.5 Å². The summed E-state index contributed by atoms with van der Waals surface area (Å²) in [4.78, 5) is 24.5. The number of amides is 2. The second kappa shape index (κ2) is 8.88. The fourth-order valence-corrected chi connectivity index (χ4v) is 2.41. The van der Waals surface area contributed by atoms with Crippen LogP contribution >= 0.6 is 0 Å². The topological polar surface area (TPSA) is 83.4 Å². The zero-order valence-electron chi connectivity index (χ0n) is 13.7. The molecule has 1 aromatic heterocycles. The monoisotopic (exact) mass is 329 g/mol. The number of hydrogen-bond acceptors (Lipinski definition) is 3. The molecule has 0 bridgehead atoms. The Labute approximate surface area is 141 Å². The molecule has 1 unspecified atom stereocenters. The number of aliphatic hydroxyl groups excluding tert-OH is 1. The maximum atomic E-state index is 12.5. The number of aliphatic hydroxyl groups is 1. The van der Waals surface area contributed by atoms with Gasteiger partial charge in [0.15, 0.2) is 0 Å². The third kappa shape index (κ3) is 4.96. The first-order chi connectivity index (χ1) is 11.6. The van der Waals surface area contributed by atoms with Gasteiger partial charge in [0.2, 0.25) is 0 Å². The summed E-state index contributed by atoms with van der Waals surface area (Å²) in [7, 11) is 0. The lowest BCUT2D eigenvalue weighted by Crippen LogP contribution is -2.39. The number of nitrogens with one attached hydrogen (secondary N) is 2. The second-order valence-corrected chi connectivity index (χ2v) is 5.56. The van der Waals surface area contributed by atoms with E-state index in [9.17, 15) is 9.59 Å². The Morgan fingerprint density at radius 2 is 1.96 bits per heavy atom. The van der Waals surface area contributed by atoms with E-state index in [1.54, 1.807) is 22.9 Å². The van der Waals surface area contributed by atoms with Crippen molar-refractivity contribution >= 4 is 11.7 Å². The quantitative estimate of drug-likeness (QED) is 0.728. The van der Waals surface area contributed by atoms with Crippen molar-refractivity contribution in [3.63, 3.8) is 0 Å². The molecule has 6 nitrogen and oxygen atoms in total. The van der Waals surface area contributed by atoms with Gasteiger partial charge in [0.1, 0.15) is 5.69 Å². The summed E-state index contributed by atoms with van der Waals surface area (Å²) < 4.78 is 1.55. The first-order valence-corrected chi connectivity index (χ1v) is 8.05. The molecule has 2 aromatic rings. The van der Waals surface area contributed by atoms with Crippen molar-refractivity contribution in [1.29, 1.82) is 0 Å². The van der Waals surface area contributed by atoms with Crippen LogP contribution in [0.4, 0.5) is 10.5 Å². The number of carbonyl (C=O) groups is 1. The number of anilines is 1. The highest BCUT2D eigenvalue weighted by Crippen LogP contribution is 2.04. The normalized spacial score (nSPS) is 11.8. The molecule has 2 rings (SSSR count). The van der Waals surface area contributed by atoms with Crippen molar-refractivity contribution in [2.75, 3.05) is 11.9 Å². The van der Waals surface area contributed by atoms with E-state index in [4.69, 9.17) is 5.11 Å². The Morgan fingerprint density at radius 3 is 2.62 bits per heavy atom. The molecule has 0 spiro atoms. The predicted octanol–water partition coefficient (Wildman–Crippen LogP) is 2.18. The van der Waals surface area contributed by atoms with Crippen LogP contribution in [-0.2, 0) is 6.54 Å². The van der Waals surface area contributed by atoms with Gasteiger partial charge in [-0.05, 0) is 30.5 Å². The molecule has 3 N–H and O–H groups in total. The zero-order chi connectivity index (χ0) is 17.4. The number of urea groups is 1. The summed E-state index contributed by atoms with van der Waals surface area (Å²) in [6.45, 7) is 2.38. The minimum absolute atomic E-state index is 0.00794. The lowest BCUT2D eigenvalue weighted by atomic mass is 10.2. The van der Waals surface area contributed by atoms with Crippen molar-refractivity contribution in [3.8, 4) is 0 Å². The molecule has 0 saturated heterocycles. The number of rotatable bonds is 7. The molecule has 2 amide bonds. The summed E-state index contributed by atoms with van der Waals surface area (Å²) in [6.07, 6.45) is 2.89. The van der Waals surface area contributed by atoms with Gasteiger partial charge in [-0.1, -0.05) is 37.3 Å². The number of benzene rings is 1. The molecule has 24 heavy (non-hydrogen) atoms. The fourth-order valence-electron chi connectivity index (χ4n) is 2.41. The number of hydrogen-bond donors (Lipinski definition) is 3. The summed E-state index contributed by atoms with van der Waals surface area (Å²) in [5, 5.41) is 14.3. The minimum atomic E-state index is -0.440. The first-order valence-electron chi connectivity index (χ1n) is 8.05. The first kappa shape index (κ1) is 17.7. The molecule has 1 aromatic carbocycles. The van der Waals surface area contributed by atoms with Gasteiger partial charge in [-0.25, -0.2) is 4.79 Å². The van der Waals surface area contributed by atoms with Crippen LogP contribution in [0, 0.1) is 0 Å². The highest BCUT2D eigenvalue weighted by Gasteiger charge is 2.12. The summed E-state index contributed by atoms with van der Waals surface area (Å²) in [5.41, 5.74) is 0.978. The number of nitrogens with zero attached hydrogens (tertiary/aromatic N) is 1. The molecule has 0 aliphatic heterocycles. The lowest BCUT2D eigenvalue weighted by molar-refractivity contribution is 0.237. The SMILES string of the molecule is CCC(CCO)NC(=O)Nc1cccn(Cc2ccccc2)c1=O. The van der Waals surface area contributed by atoms with E-state index in [2.05, 4.69) is 10.6 Å². The Morgan fingerprint density at radius 1 is 1.21 bits per heavy atom. The number of aromatic nitrogens is 1. The molecule has 0 aliphatic rings. The molecule has 6 heteroatoms. The van der Waals surface area contributed by atoms with Crippen LogP contribution in [0.3, 0.4) is 0 Å². The van der Waals surface area contributed by atoms with E-state index in [-0.39, 0.29) is 23.9 Å². The van der Waals surface area contributed by atoms with Crippen molar-refractivity contribution in [1.82, 2.24) is 9.88 Å². The highest BCUT2D eigenvalue weighted by molar-refractivity contribution is 5.89. The summed E-state index contributed by atoms with van der Waals surface area (Å²) in [5.74, 6) is 0. The largest absolute Gasteiger partial charge is 0.396 e. The van der Waals surface area contributed by atoms with Gasteiger partial charge in [-0.3, -0.25) is 4.79 Å². The van der Waals surface area contributed by atoms with E-state index in [0.717, 1.165) is 5.56 Å². The Balaban J connectivity index is 2.07. The van der Waals surface area contributed by atoms with Crippen LogP contribution in [0.2, 0.25) is 0 Å². The highest BCUT2D eigenvalue weighted by atomic mass is 16.3. The summed E-state index contributed by atoms with van der Waals surface area (Å²) >= 11 is 0. The number of carbonyl (C=O) groups excluding carboxylic acids is 1. The molecule has 0 radical (unpaired) electrons. The molecule has 1 atom stereocenters. The van der Waals surface area contributed by atoms with Gasteiger partial charge in [0.25, 0.3) is 5.56 Å². The standard InChI is InChI=1S/C18H23N3O3/c1-2-15(10-12-22)19-18(24)20-16-9-6-11-21(17(16)23)13-14-7-4-3-5-8-14/h3-9,11,15,22H,2,10,12-13H2,1H3,(H2,19,20,24). The molecular formula is C18H23N3O3. The van der Waals surface area contributed by atoms with Gasteiger partial charge in [-0.2, -0.15) is 0 Å². The average molecular weight is 329 g/mol. The van der Waals surface area contributed by atoms with Crippen LogP contribution in [0.1, 0.15) is 25.3 Å². The smallest absolute Gasteiger partial charge is 0.319 e. The van der Waals surface area contributed by atoms with Gasteiger partial charge in [0.05, 0.1) is 6.54 Å². The third-order valence-corrected chi connectivity index (χ3v) is 3.77. The van der Waals surface area contributed by atoms with Crippen LogP contribution < -0.4 is 16.2 Å². The Kier molecular flexibility index (Phi) is 6.57. The molecule has 0 saturated carbocycles. The van der Waals surface area contributed by atoms with Crippen molar-refractivity contribution in [2.24, 2.45) is 0 Å². The zero-order valence-corrected chi connectivity index (χ0v) is 13.7. The van der Waals surface area contributed by atoms with Crippen LogP contribution in [0.25, 0.3) is 0 Å². The third-order valence-electron chi connectivity index (χ3n) is 3.77. The van der Waals surface area contributed by atoms with E-state index < -0.39 is 6.03 Å². The fraction of sp³-hybridized carbons (Fsp3) is 0.333. The number of pyridine rings is 1. The maximum Gasteiger partial charge on any atom is 0.319 e. The second-order valence-electron chi connectivity index (χ2n) is 5.56. The molecular weight excluding hydrogens is 306 g/mol. The maximum absolute atomic E-state index is 12.5. The van der Waals surface area contributed by atoms with E-state index >= 15 is 0 Å². The van der Waals surface area contributed by atoms with Crippen LogP contribution in [-0.4, -0.2) is 28.4 Å². The van der Waals surface area contributed by atoms with Crippen molar-refractivity contribution < 1.29 is 9.90 Å². The van der Waals surface area contributed by atoms with Crippen LogP contribution in [0.5, 0.6) is 0 Å². The predicted molar refractivity (Wildman–Crippen MR) is 94.2 cm³/mol. The van der Waals surface area contributed by atoms with E-state index in [1.807, 2.05) is 37.3 Å². The molecule has 0 aliphatic carbocycles.